The number of benzene rings is 1. The molecule has 1 aromatic rings. The van der Waals surface area contributed by atoms with Gasteiger partial charge in [0.25, 0.3) is 0 Å². The van der Waals surface area contributed by atoms with Crippen LogP contribution in [0.4, 0.5) is 0 Å². The average Bonchev–Trinajstić information content (AvgIpc) is 3.40. The molecule has 26 heavy (non-hydrogen) atoms. The first-order valence-corrected chi connectivity index (χ1v) is 9.76. The third-order valence-electron chi connectivity index (χ3n) is 6.82. The predicted molar refractivity (Wildman–Crippen MR) is 101 cm³/mol. The smallest absolute Gasteiger partial charge is 0.317 e. The highest BCUT2D eigenvalue weighted by Gasteiger charge is 2.53. The van der Waals surface area contributed by atoms with E-state index in [1.165, 1.54) is 30.5 Å². The molecule has 3 atom stereocenters. The van der Waals surface area contributed by atoms with Gasteiger partial charge in [-0.2, -0.15) is 0 Å². The lowest BCUT2D eigenvalue weighted by Gasteiger charge is -2.58. The lowest BCUT2D eigenvalue weighted by molar-refractivity contribution is -0.140. The van der Waals surface area contributed by atoms with Crippen molar-refractivity contribution < 1.29 is 14.6 Å². The van der Waals surface area contributed by atoms with Crippen LogP contribution in [0.2, 0.25) is 0 Å². The van der Waals surface area contributed by atoms with E-state index in [2.05, 4.69) is 34.9 Å². The number of hydrogen-bond donors (Lipinski definition) is 1. The van der Waals surface area contributed by atoms with Crippen molar-refractivity contribution in [3.8, 4) is 5.75 Å². The number of piperidine rings is 1. The van der Waals surface area contributed by atoms with Gasteiger partial charge in [0.05, 0.1) is 13.7 Å². The Morgan fingerprint density at radius 1 is 1.42 bits per heavy atom. The van der Waals surface area contributed by atoms with Crippen molar-refractivity contribution in [1.82, 2.24) is 9.80 Å². The van der Waals surface area contributed by atoms with E-state index in [0.717, 1.165) is 31.1 Å². The van der Waals surface area contributed by atoms with Gasteiger partial charge in [-0.25, -0.2) is 0 Å². The number of carboxylic acid groups (broad SMARTS) is 1. The second-order valence-electron chi connectivity index (χ2n) is 8.65. The summed E-state index contributed by atoms with van der Waals surface area (Å²) in [7, 11) is 3.69. The van der Waals surface area contributed by atoms with Crippen molar-refractivity contribution >= 4 is 5.97 Å². The fraction of sp³-hybridized carbons (Fsp3) is 0.667. The number of fused-ring (bicyclic) bond motifs is 4. The minimum Gasteiger partial charge on any atom is -0.497 e. The summed E-state index contributed by atoms with van der Waals surface area (Å²) in [6.07, 6.45) is 4.76. The Hall–Kier alpha value is -1.59. The van der Waals surface area contributed by atoms with Gasteiger partial charge in [-0.05, 0) is 68.5 Å². The molecule has 0 amide bonds. The number of rotatable bonds is 6. The largest absolute Gasteiger partial charge is 0.497 e. The third kappa shape index (κ3) is 3.01. The molecule has 1 aliphatic heterocycles. The van der Waals surface area contributed by atoms with Gasteiger partial charge in [0.15, 0.2) is 0 Å². The first kappa shape index (κ1) is 17.8. The molecule has 0 aromatic heterocycles. The number of carboxylic acids is 1. The number of hydrogen-bond acceptors (Lipinski definition) is 4. The average molecular weight is 358 g/mol. The fourth-order valence-corrected chi connectivity index (χ4v) is 5.42. The Labute approximate surface area is 155 Å². The summed E-state index contributed by atoms with van der Waals surface area (Å²) in [5, 5.41) is 9.39. The van der Waals surface area contributed by atoms with Crippen LogP contribution >= 0.6 is 0 Å². The van der Waals surface area contributed by atoms with Crippen LogP contribution in [0.25, 0.3) is 0 Å². The van der Waals surface area contributed by atoms with Crippen LogP contribution in [0.1, 0.15) is 37.3 Å². The number of likely N-dealkylation sites (tertiary alicyclic amines) is 1. The number of ether oxygens (including phenoxy) is 1. The molecule has 1 N–H and O–H groups in total. The van der Waals surface area contributed by atoms with Crippen LogP contribution < -0.4 is 4.74 Å². The summed E-state index contributed by atoms with van der Waals surface area (Å²) in [6, 6.07) is 7.06. The zero-order chi connectivity index (χ0) is 18.5. The molecule has 1 heterocycles. The van der Waals surface area contributed by atoms with Gasteiger partial charge >= 0.3 is 5.97 Å². The fourth-order valence-electron chi connectivity index (χ4n) is 5.42. The van der Waals surface area contributed by atoms with Crippen molar-refractivity contribution in [2.75, 3.05) is 33.8 Å². The molecular weight excluding hydrogens is 328 g/mol. The zero-order valence-electron chi connectivity index (χ0n) is 16.1. The van der Waals surface area contributed by atoms with E-state index in [0.29, 0.717) is 6.04 Å². The highest BCUT2D eigenvalue weighted by molar-refractivity contribution is 5.69. The number of likely N-dealkylation sites (N-methyl/N-ethyl adjacent to an activating group) is 1. The molecule has 2 aliphatic carbocycles. The molecule has 1 saturated heterocycles. The molecule has 1 unspecified atom stereocenters. The topological polar surface area (TPSA) is 53.0 Å². The van der Waals surface area contributed by atoms with E-state index in [1.54, 1.807) is 7.11 Å². The Morgan fingerprint density at radius 3 is 2.85 bits per heavy atom. The predicted octanol–water partition coefficient (Wildman–Crippen LogP) is 2.38. The number of nitrogens with zero attached hydrogens (tertiary/aromatic N) is 2. The summed E-state index contributed by atoms with van der Waals surface area (Å²) >= 11 is 0. The van der Waals surface area contributed by atoms with Gasteiger partial charge in [-0.3, -0.25) is 14.6 Å². The van der Waals surface area contributed by atoms with Gasteiger partial charge in [0, 0.05) is 24.0 Å². The van der Waals surface area contributed by atoms with Crippen molar-refractivity contribution in [3.05, 3.63) is 29.3 Å². The molecule has 2 fully saturated rings. The Balaban J connectivity index is 1.74. The first-order valence-electron chi connectivity index (χ1n) is 9.76. The number of aliphatic carboxylic acids is 1. The minimum absolute atomic E-state index is 0.0446. The maximum Gasteiger partial charge on any atom is 0.317 e. The van der Waals surface area contributed by atoms with Crippen LogP contribution in [0.3, 0.4) is 0 Å². The van der Waals surface area contributed by atoms with E-state index in [1.807, 2.05) is 7.05 Å². The summed E-state index contributed by atoms with van der Waals surface area (Å²) < 4.78 is 5.49. The Morgan fingerprint density at radius 2 is 2.19 bits per heavy atom. The molecule has 142 valence electrons. The van der Waals surface area contributed by atoms with Crippen LogP contribution in [0.5, 0.6) is 5.75 Å². The van der Waals surface area contributed by atoms with Crippen molar-refractivity contribution in [2.24, 2.45) is 5.92 Å². The van der Waals surface area contributed by atoms with Crippen molar-refractivity contribution in [1.29, 1.82) is 0 Å². The molecular formula is C21H30N2O3. The Kier molecular flexibility index (Phi) is 4.48. The second-order valence-corrected chi connectivity index (χ2v) is 8.65. The summed E-state index contributed by atoms with van der Waals surface area (Å²) in [5.74, 6) is 0.991. The van der Waals surface area contributed by atoms with Crippen LogP contribution in [0.15, 0.2) is 18.2 Å². The lowest BCUT2D eigenvalue weighted by atomic mass is 9.61. The van der Waals surface area contributed by atoms with Crippen molar-refractivity contribution in [2.45, 2.75) is 50.1 Å². The van der Waals surface area contributed by atoms with E-state index in [9.17, 15) is 9.90 Å². The molecule has 2 bridgehead atoms. The van der Waals surface area contributed by atoms with Gasteiger partial charge in [-0.15, -0.1) is 0 Å². The Bertz CT molecular complexity index is 702. The normalized spacial score (nSPS) is 30.9. The number of methoxy groups -OCH3 is 1. The monoisotopic (exact) mass is 358 g/mol. The van der Waals surface area contributed by atoms with E-state index in [4.69, 9.17) is 4.74 Å². The lowest BCUT2D eigenvalue weighted by Crippen LogP contribution is -2.67. The molecule has 5 heteroatoms. The summed E-state index contributed by atoms with van der Waals surface area (Å²) in [6.45, 7) is 4.69. The SMILES string of the molecule is COc1ccc2c(c1)[C@@]1(C)CCN(CC3CC3)C(C2)[C@H]1N(C)CC(=O)O. The molecule has 3 aliphatic rings. The van der Waals surface area contributed by atoms with Gasteiger partial charge in [0.1, 0.15) is 5.75 Å². The van der Waals surface area contributed by atoms with Crippen LogP contribution in [-0.4, -0.2) is 66.8 Å². The molecule has 0 radical (unpaired) electrons. The van der Waals surface area contributed by atoms with Crippen molar-refractivity contribution in [3.63, 3.8) is 0 Å². The highest BCUT2D eigenvalue weighted by atomic mass is 16.5. The van der Waals surface area contributed by atoms with E-state index < -0.39 is 5.97 Å². The summed E-state index contributed by atoms with van der Waals surface area (Å²) in [4.78, 5) is 16.1. The zero-order valence-corrected chi connectivity index (χ0v) is 16.1. The van der Waals surface area contributed by atoms with Gasteiger partial charge in [0.2, 0.25) is 0 Å². The van der Waals surface area contributed by atoms with Crippen LogP contribution in [0, 0.1) is 5.92 Å². The van der Waals surface area contributed by atoms with E-state index in [-0.39, 0.29) is 18.0 Å². The minimum atomic E-state index is -0.751. The summed E-state index contributed by atoms with van der Waals surface area (Å²) in [5.41, 5.74) is 2.71. The molecule has 1 aromatic carbocycles. The molecule has 1 saturated carbocycles. The number of carbonyl (C=O) groups is 1. The van der Waals surface area contributed by atoms with Crippen LogP contribution in [-0.2, 0) is 16.6 Å². The first-order chi connectivity index (χ1) is 12.4. The van der Waals surface area contributed by atoms with E-state index >= 15 is 0 Å². The van der Waals surface area contributed by atoms with Gasteiger partial charge in [-0.1, -0.05) is 13.0 Å². The molecule has 5 nitrogen and oxygen atoms in total. The quantitative estimate of drug-likeness (QED) is 0.846. The second kappa shape index (κ2) is 6.54. The third-order valence-corrected chi connectivity index (χ3v) is 6.82. The standard InChI is InChI=1S/C21H30N2O3/c1-21-8-9-23(12-14-4-5-14)18(20(21)22(2)13-19(24)25)10-15-6-7-16(26-3)11-17(15)21/h6-7,11,14,18,20H,4-5,8-10,12-13H2,1-3H3,(H,24,25)/t18?,20-,21-/m1/s1. The maximum absolute atomic E-state index is 11.4. The molecule has 4 rings (SSSR count). The molecule has 0 spiro atoms. The maximum atomic E-state index is 11.4. The highest BCUT2D eigenvalue weighted by Crippen LogP contribution is 2.48. The van der Waals surface area contributed by atoms with Gasteiger partial charge < -0.3 is 9.84 Å².